The molecular formula is C19H26BrN5O3. The van der Waals surface area contributed by atoms with Crippen LogP contribution in [0.15, 0.2) is 16.6 Å². The highest BCUT2D eigenvalue weighted by atomic mass is 79.9. The number of halogens is 1. The number of anilines is 3. The Balaban J connectivity index is 2.07. The second kappa shape index (κ2) is 9.38. The van der Waals surface area contributed by atoms with Crippen LogP contribution in [0.5, 0.6) is 11.5 Å². The highest BCUT2D eigenvalue weighted by Crippen LogP contribution is 2.42. The van der Waals surface area contributed by atoms with Crippen molar-refractivity contribution in [2.75, 3.05) is 56.9 Å². The first-order chi connectivity index (χ1) is 13.6. The van der Waals surface area contributed by atoms with Gasteiger partial charge in [0, 0.05) is 30.2 Å². The topological polar surface area (TPSA) is 72.8 Å². The van der Waals surface area contributed by atoms with Crippen LogP contribution in [-0.2, 0) is 4.74 Å². The van der Waals surface area contributed by atoms with Gasteiger partial charge in [0.2, 0.25) is 11.9 Å². The van der Waals surface area contributed by atoms with Crippen LogP contribution in [0.2, 0.25) is 0 Å². The molecule has 1 saturated heterocycles. The minimum atomic E-state index is 0.597. The maximum absolute atomic E-state index is 5.64. The van der Waals surface area contributed by atoms with Gasteiger partial charge >= 0.3 is 0 Å². The molecule has 1 aromatic heterocycles. The third-order valence-electron chi connectivity index (χ3n) is 4.43. The molecule has 0 unspecified atom stereocenters. The van der Waals surface area contributed by atoms with Crippen LogP contribution in [0.3, 0.4) is 0 Å². The average Bonchev–Trinajstić information content (AvgIpc) is 2.72. The number of ether oxygens (including phenoxy) is 3. The zero-order valence-electron chi connectivity index (χ0n) is 16.7. The van der Waals surface area contributed by atoms with E-state index in [1.165, 1.54) is 0 Å². The van der Waals surface area contributed by atoms with E-state index in [9.17, 15) is 0 Å². The Morgan fingerprint density at radius 3 is 2.54 bits per heavy atom. The van der Waals surface area contributed by atoms with Gasteiger partial charge in [-0.2, -0.15) is 15.0 Å². The van der Waals surface area contributed by atoms with Gasteiger partial charge in [0.1, 0.15) is 23.0 Å². The second-order valence-corrected chi connectivity index (χ2v) is 7.25. The third-order valence-corrected chi connectivity index (χ3v) is 5.04. The van der Waals surface area contributed by atoms with Crippen molar-refractivity contribution < 1.29 is 14.2 Å². The fourth-order valence-corrected chi connectivity index (χ4v) is 3.74. The lowest BCUT2D eigenvalue weighted by molar-refractivity contribution is 0.122. The summed E-state index contributed by atoms with van der Waals surface area (Å²) in [6.45, 7) is 7.63. The molecule has 3 rings (SSSR count). The number of benzene rings is 1. The second-order valence-electron chi connectivity index (χ2n) is 6.39. The van der Waals surface area contributed by atoms with Gasteiger partial charge in [0.05, 0.1) is 27.4 Å². The number of hydrogen-bond acceptors (Lipinski definition) is 8. The molecule has 0 radical (unpaired) electrons. The Morgan fingerprint density at radius 1 is 1.14 bits per heavy atom. The standard InChI is InChI=1S/C19H26BrN5O3/c1-5-6-25(17-15(20)11-14(26-3)12-16(17)27-4)19-22-13(2)21-18(23-19)24-7-9-28-10-8-24/h11-12H,5-10H2,1-4H3. The van der Waals surface area contributed by atoms with Crippen molar-refractivity contribution in [3.05, 3.63) is 22.4 Å². The maximum Gasteiger partial charge on any atom is 0.235 e. The van der Waals surface area contributed by atoms with Crippen molar-refractivity contribution >= 4 is 33.5 Å². The Hall–Kier alpha value is -2.13. The quantitative estimate of drug-likeness (QED) is 0.634. The molecule has 2 aromatic rings. The fourth-order valence-electron chi connectivity index (χ4n) is 3.10. The molecule has 1 aromatic carbocycles. The summed E-state index contributed by atoms with van der Waals surface area (Å²) in [4.78, 5) is 18.1. The molecule has 9 heteroatoms. The van der Waals surface area contributed by atoms with Crippen LogP contribution in [0.25, 0.3) is 0 Å². The first-order valence-corrected chi connectivity index (χ1v) is 10.1. The van der Waals surface area contributed by atoms with E-state index in [1.807, 2.05) is 19.1 Å². The summed E-state index contributed by atoms with van der Waals surface area (Å²) < 4.78 is 17.3. The number of nitrogens with zero attached hydrogens (tertiary/aromatic N) is 5. The Morgan fingerprint density at radius 2 is 1.89 bits per heavy atom. The molecule has 1 aliphatic rings. The molecule has 2 heterocycles. The number of rotatable bonds is 7. The normalized spacial score (nSPS) is 14.1. The number of aryl methyl sites for hydroxylation is 1. The van der Waals surface area contributed by atoms with Crippen LogP contribution < -0.4 is 19.3 Å². The molecule has 0 saturated carbocycles. The number of methoxy groups -OCH3 is 2. The molecule has 28 heavy (non-hydrogen) atoms. The number of morpholine rings is 1. The molecule has 1 aliphatic heterocycles. The maximum atomic E-state index is 5.64. The molecule has 0 bridgehead atoms. The third kappa shape index (κ3) is 4.47. The van der Waals surface area contributed by atoms with Crippen LogP contribution in [-0.4, -0.2) is 62.0 Å². The van der Waals surface area contributed by atoms with Gasteiger partial charge in [-0.25, -0.2) is 0 Å². The Bertz CT molecular complexity index is 814. The lowest BCUT2D eigenvalue weighted by Gasteiger charge is -2.29. The van der Waals surface area contributed by atoms with Crippen molar-refractivity contribution in [3.63, 3.8) is 0 Å². The van der Waals surface area contributed by atoms with Crippen molar-refractivity contribution in [1.82, 2.24) is 15.0 Å². The molecule has 0 aliphatic carbocycles. The Kier molecular flexibility index (Phi) is 6.90. The van der Waals surface area contributed by atoms with Gasteiger partial charge < -0.3 is 24.0 Å². The van der Waals surface area contributed by atoms with E-state index in [0.29, 0.717) is 42.4 Å². The van der Waals surface area contributed by atoms with E-state index in [1.54, 1.807) is 14.2 Å². The average molecular weight is 452 g/mol. The van der Waals surface area contributed by atoms with E-state index in [2.05, 4.69) is 42.6 Å². The van der Waals surface area contributed by atoms with Gasteiger partial charge in [-0.05, 0) is 35.3 Å². The predicted molar refractivity (Wildman–Crippen MR) is 112 cm³/mol. The van der Waals surface area contributed by atoms with Gasteiger partial charge in [0.25, 0.3) is 0 Å². The number of aromatic nitrogens is 3. The summed E-state index contributed by atoms with van der Waals surface area (Å²) in [7, 11) is 3.28. The lowest BCUT2D eigenvalue weighted by atomic mass is 10.2. The van der Waals surface area contributed by atoms with Crippen LogP contribution in [0.1, 0.15) is 19.2 Å². The monoisotopic (exact) mass is 451 g/mol. The smallest absolute Gasteiger partial charge is 0.235 e. The summed E-state index contributed by atoms with van der Waals surface area (Å²) in [6.07, 6.45) is 0.916. The first-order valence-electron chi connectivity index (χ1n) is 9.31. The minimum absolute atomic E-state index is 0.597. The van der Waals surface area contributed by atoms with E-state index < -0.39 is 0 Å². The zero-order chi connectivity index (χ0) is 20.1. The van der Waals surface area contributed by atoms with Crippen LogP contribution >= 0.6 is 15.9 Å². The summed E-state index contributed by atoms with van der Waals surface area (Å²) in [5, 5.41) is 0. The van der Waals surface area contributed by atoms with E-state index >= 15 is 0 Å². The SMILES string of the molecule is CCCN(c1nc(C)nc(N2CCOCC2)n1)c1c(Br)cc(OC)cc1OC. The molecule has 1 fully saturated rings. The van der Waals surface area contributed by atoms with Crippen molar-refractivity contribution in [2.24, 2.45) is 0 Å². The van der Waals surface area contributed by atoms with E-state index in [0.717, 1.165) is 36.2 Å². The van der Waals surface area contributed by atoms with Gasteiger partial charge in [-0.3, -0.25) is 0 Å². The summed E-state index contributed by atoms with van der Waals surface area (Å²) in [6, 6.07) is 3.77. The van der Waals surface area contributed by atoms with Gasteiger partial charge in [-0.1, -0.05) is 6.92 Å². The first kappa shape index (κ1) is 20.6. The van der Waals surface area contributed by atoms with Crippen molar-refractivity contribution in [1.29, 1.82) is 0 Å². The lowest BCUT2D eigenvalue weighted by Crippen LogP contribution is -2.38. The van der Waals surface area contributed by atoms with Gasteiger partial charge in [0.15, 0.2) is 0 Å². The van der Waals surface area contributed by atoms with E-state index in [-0.39, 0.29) is 0 Å². The molecule has 152 valence electrons. The molecule has 8 nitrogen and oxygen atoms in total. The molecule has 0 atom stereocenters. The molecule has 0 N–H and O–H groups in total. The van der Waals surface area contributed by atoms with Gasteiger partial charge in [-0.15, -0.1) is 0 Å². The van der Waals surface area contributed by atoms with Crippen molar-refractivity contribution in [3.8, 4) is 11.5 Å². The summed E-state index contributed by atoms with van der Waals surface area (Å²) >= 11 is 3.66. The minimum Gasteiger partial charge on any atom is -0.497 e. The largest absolute Gasteiger partial charge is 0.497 e. The molecular weight excluding hydrogens is 426 g/mol. The van der Waals surface area contributed by atoms with E-state index in [4.69, 9.17) is 19.2 Å². The highest BCUT2D eigenvalue weighted by molar-refractivity contribution is 9.10. The Labute approximate surface area is 174 Å². The molecule has 0 amide bonds. The number of hydrogen-bond donors (Lipinski definition) is 0. The summed E-state index contributed by atoms with van der Waals surface area (Å²) in [5.74, 6) is 3.35. The highest BCUT2D eigenvalue weighted by Gasteiger charge is 2.23. The molecule has 0 spiro atoms. The van der Waals surface area contributed by atoms with Crippen molar-refractivity contribution in [2.45, 2.75) is 20.3 Å². The van der Waals surface area contributed by atoms with Crippen LogP contribution in [0, 0.1) is 6.92 Å². The zero-order valence-corrected chi connectivity index (χ0v) is 18.3. The van der Waals surface area contributed by atoms with Crippen LogP contribution in [0.4, 0.5) is 17.6 Å². The predicted octanol–water partition coefficient (Wildman–Crippen LogP) is 3.34. The summed E-state index contributed by atoms with van der Waals surface area (Å²) in [5.41, 5.74) is 0.865. The fraction of sp³-hybridized carbons (Fsp3) is 0.526.